The summed E-state index contributed by atoms with van der Waals surface area (Å²) in [6.07, 6.45) is 4.39. The van der Waals surface area contributed by atoms with Gasteiger partial charge in [-0.05, 0) is 17.7 Å². The summed E-state index contributed by atoms with van der Waals surface area (Å²) in [5.41, 5.74) is 0.774. The van der Waals surface area contributed by atoms with Crippen LogP contribution in [0.25, 0.3) is 0 Å². The average molecular weight is 267 g/mol. The van der Waals surface area contributed by atoms with Crippen molar-refractivity contribution in [3.8, 4) is 5.75 Å². The Hall–Kier alpha value is -1.52. The molecule has 0 bridgehead atoms. The van der Waals surface area contributed by atoms with Gasteiger partial charge < -0.3 is 14.4 Å². The van der Waals surface area contributed by atoms with E-state index in [0.29, 0.717) is 17.4 Å². The van der Waals surface area contributed by atoms with E-state index >= 15 is 0 Å². The second kappa shape index (κ2) is 5.89. The molecule has 1 N–H and O–H groups in total. The second-order valence-electron chi connectivity index (χ2n) is 3.98. The second-order valence-corrected chi connectivity index (χ2v) is 4.38. The molecule has 0 aliphatic heterocycles. The third kappa shape index (κ3) is 3.03. The van der Waals surface area contributed by atoms with Gasteiger partial charge in [-0.25, -0.2) is 4.98 Å². The maximum absolute atomic E-state index is 8.97. The van der Waals surface area contributed by atoms with Gasteiger partial charge >= 0.3 is 0 Å². The summed E-state index contributed by atoms with van der Waals surface area (Å²) in [5.74, 6) is 1.60. The molecule has 0 spiro atoms. The van der Waals surface area contributed by atoms with Gasteiger partial charge in [0.25, 0.3) is 0 Å². The number of benzene rings is 1. The zero-order valence-electron chi connectivity index (χ0n) is 10.1. The highest BCUT2D eigenvalue weighted by Gasteiger charge is 2.04. The van der Waals surface area contributed by atoms with E-state index in [1.165, 1.54) is 0 Å². The zero-order valence-corrected chi connectivity index (χ0v) is 10.9. The summed E-state index contributed by atoms with van der Waals surface area (Å²) in [6.45, 7) is 0.496. The van der Waals surface area contributed by atoms with E-state index in [1.54, 1.807) is 24.4 Å². The van der Waals surface area contributed by atoms with Crippen LogP contribution in [-0.4, -0.2) is 21.3 Å². The summed E-state index contributed by atoms with van der Waals surface area (Å²) in [4.78, 5) is 4.21. The van der Waals surface area contributed by atoms with Crippen molar-refractivity contribution in [2.75, 3.05) is 6.61 Å². The van der Waals surface area contributed by atoms with Crippen LogP contribution >= 0.6 is 11.6 Å². The monoisotopic (exact) mass is 266 g/mol. The van der Waals surface area contributed by atoms with Gasteiger partial charge in [-0.15, -0.1) is 0 Å². The summed E-state index contributed by atoms with van der Waals surface area (Å²) >= 11 is 6.04. The highest BCUT2D eigenvalue weighted by Crippen LogP contribution is 2.25. The highest BCUT2D eigenvalue weighted by atomic mass is 35.5. The molecule has 4 nitrogen and oxygen atoms in total. The number of aromatic nitrogens is 2. The van der Waals surface area contributed by atoms with Crippen LogP contribution < -0.4 is 4.74 Å². The van der Waals surface area contributed by atoms with Crippen LogP contribution in [-0.2, 0) is 20.1 Å². The molecule has 96 valence electrons. The van der Waals surface area contributed by atoms with E-state index in [4.69, 9.17) is 21.4 Å². The molecular weight excluding hydrogens is 252 g/mol. The highest BCUT2D eigenvalue weighted by molar-refractivity contribution is 6.32. The first kappa shape index (κ1) is 12.9. The molecular formula is C13H15ClN2O2. The Morgan fingerprint density at radius 1 is 1.44 bits per heavy atom. The van der Waals surface area contributed by atoms with Crippen molar-refractivity contribution in [3.63, 3.8) is 0 Å². The minimum Gasteiger partial charge on any atom is -0.492 e. The Kier molecular flexibility index (Phi) is 4.23. The van der Waals surface area contributed by atoms with E-state index in [9.17, 15) is 0 Å². The van der Waals surface area contributed by atoms with Crippen molar-refractivity contribution >= 4 is 11.6 Å². The average Bonchev–Trinajstić information content (AvgIpc) is 2.77. The molecule has 1 heterocycles. The molecule has 1 aromatic heterocycles. The Bertz CT molecular complexity index is 525. The Morgan fingerprint density at radius 2 is 2.28 bits per heavy atom. The first-order valence-corrected chi connectivity index (χ1v) is 6.07. The minimum absolute atomic E-state index is 0.0206. The molecule has 0 fully saturated rings. The Balaban J connectivity index is 1.92. The Labute approximate surface area is 111 Å². The van der Waals surface area contributed by atoms with Crippen molar-refractivity contribution in [2.45, 2.75) is 13.0 Å². The number of hydrogen-bond donors (Lipinski definition) is 1. The van der Waals surface area contributed by atoms with Crippen molar-refractivity contribution in [2.24, 2.45) is 7.05 Å². The first-order chi connectivity index (χ1) is 8.70. The smallest absolute Gasteiger partial charge is 0.137 e. The molecule has 0 saturated carbocycles. The fraction of sp³-hybridized carbons (Fsp3) is 0.308. The number of hydrogen-bond acceptors (Lipinski definition) is 3. The SMILES string of the molecule is Cn1ccnc1CCOc1ccc(CO)cc1Cl. The lowest BCUT2D eigenvalue weighted by molar-refractivity contribution is 0.281. The van der Waals surface area contributed by atoms with Gasteiger partial charge in [0.2, 0.25) is 0 Å². The lowest BCUT2D eigenvalue weighted by atomic mass is 10.2. The molecule has 0 saturated heterocycles. The van der Waals surface area contributed by atoms with Crippen molar-refractivity contribution in [1.82, 2.24) is 9.55 Å². The molecule has 0 amide bonds. The number of imidazole rings is 1. The number of aryl methyl sites for hydroxylation is 1. The van der Waals surface area contributed by atoms with E-state index in [1.807, 2.05) is 17.8 Å². The summed E-state index contributed by atoms with van der Waals surface area (Å²) < 4.78 is 7.56. The van der Waals surface area contributed by atoms with Crippen LogP contribution in [0, 0.1) is 0 Å². The fourth-order valence-corrected chi connectivity index (χ4v) is 1.91. The van der Waals surface area contributed by atoms with Crippen LogP contribution in [0.1, 0.15) is 11.4 Å². The summed E-state index contributed by atoms with van der Waals surface area (Å²) in [6, 6.07) is 5.27. The van der Waals surface area contributed by atoms with Gasteiger partial charge in [0, 0.05) is 25.9 Å². The molecule has 0 radical (unpaired) electrons. The van der Waals surface area contributed by atoms with Crippen molar-refractivity contribution in [3.05, 3.63) is 47.0 Å². The van der Waals surface area contributed by atoms with Crippen LogP contribution in [0.3, 0.4) is 0 Å². The maximum Gasteiger partial charge on any atom is 0.137 e. The van der Waals surface area contributed by atoms with Crippen LogP contribution in [0.5, 0.6) is 5.75 Å². The van der Waals surface area contributed by atoms with Gasteiger partial charge in [-0.2, -0.15) is 0 Å². The number of aliphatic hydroxyl groups excluding tert-OH is 1. The molecule has 2 aromatic rings. The quantitative estimate of drug-likeness (QED) is 0.902. The predicted octanol–water partition coefficient (Wildman–Crippen LogP) is 2.19. The zero-order chi connectivity index (χ0) is 13.0. The third-order valence-corrected chi connectivity index (χ3v) is 2.98. The van der Waals surface area contributed by atoms with Gasteiger partial charge in [0.1, 0.15) is 11.6 Å². The normalized spacial score (nSPS) is 10.6. The number of aliphatic hydroxyl groups is 1. The van der Waals surface area contributed by atoms with E-state index in [2.05, 4.69) is 4.98 Å². The molecule has 2 rings (SSSR count). The van der Waals surface area contributed by atoms with Gasteiger partial charge in [0.05, 0.1) is 18.2 Å². The molecule has 0 atom stereocenters. The van der Waals surface area contributed by atoms with Crippen LogP contribution in [0.2, 0.25) is 5.02 Å². The predicted molar refractivity (Wildman–Crippen MR) is 69.8 cm³/mol. The largest absolute Gasteiger partial charge is 0.492 e. The maximum atomic E-state index is 8.97. The van der Waals surface area contributed by atoms with E-state index < -0.39 is 0 Å². The number of nitrogens with zero attached hydrogens (tertiary/aromatic N) is 2. The lowest BCUT2D eigenvalue weighted by Gasteiger charge is -2.09. The van der Waals surface area contributed by atoms with Crippen molar-refractivity contribution < 1.29 is 9.84 Å². The van der Waals surface area contributed by atoms with Crippen LogP contribution in [0.4, 0.5) is 0 Å². The molecule has 0 aliphatic rings. The topological polar surface area (TPSA) is 47.3 Å². The first-order valence-electron chi connectivity index (χ1n) is 5.69. The van der Waals surface area contributed by atoms with Gasteiger partial charge in [0.15, 0.2) is 0 Å². The molecule has 1 aromatic carbocycles. The van der Waals surface area contributed by atoms with Gasteiger partial charge in [-0.3, -0.25) is 0 Å². The fourth-order valence-electron chi connectivity index (χ4n) is 1.65. The third-order valence-electron chi connectivity index (χ3n) is 2.68. The summed E-state index contributed by atoms with van der Waals surface area (Å²) in [5, 5.41) is 9.49. The number of rotatable bonds is 5. The Morgan fingerprint density at radius 3 is 2.89 bits per heavy atom. The number of halogens is 1. The van der Waals surface area contributed by atoms with Gasteiger partial charge in [-0.1, -0.05) is 17.7 Å². The van der Waals surface area contributed by atoms with Crippen LogP contribution in [0.15, 0.2) is 30.6 Å². The van der Waals surface area contributed by atoms with Crippen molar-refractivity contribution in [1.29, 1.82) is 0 Å². The summed E-state index contributed by atoms with van der Waals surface area (Å²) in [7, 11) is 1.95. The molecule has 18 heavy (non-hydrogen) atoms. The molecule has 5 heteroatoms. The number of ether oxygens (including phenoxy) is 1. The van der Waals surface area contributed by atoms with E-state index in [-0.39, 0.29) is 6.61 Å². The van der Waals surface area contributed by atoms with E-state index in [0.717, 1.165) is 17.8 Å². The minimum atomic E-state index is -0.0206. The standard InChI is InChI=1S/C13H15ClN2O2/c1-16-6-5-15-13(16)4-7-18-12-3-2-10(9-17)8-11(12)14/h2-3,5-6,8,17H,4,7,9H2,1H3. The molecule has 0 unspecified atom stereocenters. The molecule has 0 aliphatic carbocycles. The lowest BCUT2D eigenvalue weighted by Crippen LogP contribution is -2.06.